The highest BCUT2D eigenvalue weighted by Crippen LogP contribution is 2.21. The van der Waals surface area contributed by atoms with E-state index in [0.29, 0.717) is 6.54 Å². The number of ether oxygens (including phenoxy) is 2. The van der Waals surface area contributed by atoms with Crippen molar-refractivity contribution in [2.24, 2.45) is 0 Å². The third-order valence-corrected chi connectivity index (χ3v) is 2.55. The lowest BCUT2D eigenvalue weighted by molar-refractivity contribution is -0.128. The Morgan fingerprint density at radius 1 is 1.22 bits per heavy atom. The van der Waals surface area contributed by atoms with Gasteiger partial charge in [0.1, 0.15) is 11.3 Å². The lowest BCUT2D eigenvalue weighted by Gasteiger charge is -2.14. The van der Waals surface area contributed by atoms with Crippen molar-refractivity contribution in [2.75, 3.05) is 6.54 Å². The molecule has 3 amide bonds. The Morgan fingerprint density at radius 2 is 1.87 bits per heavy atom. The highest BCUT2D eigenvalue weighted by atomic mass is 19.3. The normalized spacial score (nSPS) is 11.5. The quantitative estimate of drug-likeness (QED) is 0.774. The van der Waals surface area contributed by atoms with E-state index in [1.165, 1.54) is 31.2 Å². The molecule has 7 nitrogen and oxygen atoms in total. The summed E-state index contributed by atoms with van der Waals surface area (Å²) >= 11 is 0. The third-order valence-electron chi connectivity index (χ3n) is 2.55. The van der Waals surface area contributed by atoms with Crippen LogP contribution in [0.4, 0.5) is 13.6 Å². The average Bonchev–Trinajstić information content (AvgIpc) is 2.47. The van der Waals surface area contributed by atoms with Crippen molar-refractivity contribution >= 4 is 17.9 Å². The summed E-state index contributed by atoms with van der Waals surface area (Å²) in [5, 5.41) is 4.30. The van der Waals surface area contributed by atoms with Crippen LogP contribution in [0.25, 0.3) is 0 Å². The van der Waals surface area contributed by atoms with E-state index < -0.39 is 30.6 Å². The van der Waals surface area contributed by atoms with Crippen LogP contribution < -0.4 is 15.4 Å². The predicted octanol–water partition coefficient (Wildman–Crippen LogP) is 1.68. The van der Waals surface area contributed by atoms with Crippen molar-refractivity contribution in [1.29, 1.82) is 0 Å². The molecule has 0 aliphatic rings. The van der Waals surface area contributed by atoms with Crippen molar-refractivity contribution < 1.29 is 32.6 Å². The van der Waals surface area contributed by atoms with Crippen LogP contribution in [-0.4, -0.2) is 37.2 Å². The van der Waals surface area contributed by atoms with Gasteiger partial charge in [-0.1, -0.05) is 12.1 Å². The second-order valence-corrected chi connectivity index (χ2v) is 4.27. The number of nitrogens with one attached hydrogen (secondary N) is 2. The first-order chi connectivity index (χ1) is 10.8. The molecule has 0 spiro atoms. The number of hydrogen-bond donors (Lipinski definition) is 2. The van der Waals surface area contributed by atoms with E-state index in [1.54, 1.807) is 6.92 Å². The Balaban J connectivity index is 2.72. The number of carbonyl (C=O) groups excluding carboxylic acids is 3. The first-order valence-corrected chi connectivity index (χ1v) is 6.68. The average molecular weight is 330 g/mol. The van der Waals surface area contributed by atoms with Gasteiger partial charge < -0.3 is 14.8 Å². The fraction of sp³-hybridized carbons (Fsp3) is 0.357. The molecule has 0 heterocycles. The first-order valence-electron chi connectivity index (χ1n) is 6.68. The fourth-order valence-corrected chi connectivity index (χ4v) is 1.53. The van der Waals surface area contributed by atoms with E-state index in [1.807, 2.05) is 5.32 Å². The molecule has 0 saturated heterocycles. The Labute approximate surface area is 130 Å². The number of carbonyl (C=O) groups is 3. The summed E-state index contributed by atoms with van der Waals surface area (Å²) in [6, 6.07) is 4.48. The van der Waals surface area contributed by atoms with Crippen molar-refractivity contribution in [1.82, 2.24) is 10.6 Å². The fourth-order valence-electron chi connectivity index (χ4n) is 1.53. The molecule has 1 aromatic rings. The van der Waals surface area contributed by atoms with Gasteiger partial charge in [-0.15, -0.1) is 0 Å². The summed E-state index contributed by atoms with van der Waals surface area (Å²) in [4.78, 5) is 34.8. The van der Waals surface area contributed by atoms with E-state index in [2.05, 4.69) is 10.1 Å². The van der Waals surface area contributed by atoms with Crippen LogP contribution in [0, 0.1) is 0 Å². The Kier molecular flexibility index (Phi) is 6.91. The molecule has 0 unspecified atom stereocenters. The summed E-state index contributed by atoms with van der Waals surface area (Å²) in [6.45, 7) is 0.102. The van der Waals surface area contributed by atoms with Gasteiger partial charge in [0.25, 0.3) is 5.91 Å². The molecular formula is C14H16F2N2O5. The number of para-hydroxylation sites is 1. The van der Waals surface area contributed by atoms with Crippen LogP contribution in [0.5, 0.6) is 5.75 Å². The van der Waals surface area contributed by atoms with Gasteiger partial charge in [-0.25, -0.2) is 9.59 Å². The van der Waals surface area contributed by atoms with Crippen LogP contribution in [0.15, 0.2) is 24.3 Å². The number of benzene rings is 1. The number of rotatable bonds is 6. The molecule has 0 aliphatic carbocycles. The molecule has 1 aromatic carbocycles. The highest BCUT2D eigenvalue weighted by Gasteiger charge is 2.23. The zero-order valence-electron chi connectivity index (χ0n) is 12.5. The molecule has 0 aromatic heterocycles. The van der Waals surface area contributed by atoms with Crippen LogP contribution in [-0.2, 0) is 9.53 Å². The van der Waals surface area contributed by atoms with Crippen LogP contribution in [0.3, 0.4) is 0 Å². The number of alkyl halides is 2. The molecule has 0 fully saturated rings. The largest absolute Gasteiger partial charge is 0.449 e. The Hall–Kier alpha value is -2.71. The lowest BCUT2D eigenvalue weighted by Crippen LogP contribution is -2.44. The number of imide groups is 1. The lowest BCUT2D eigenvalue weighted by atomic mass is 10.2. The van der Waals surface area contributed by atoms with Crippen LogP contribution in [0.1, 0.15) is 24.2 Å². The third kappa shape index (κ3) is 5.89. The Bertz CT molecular complexity index is 580. The maximum Gasteiger partial charge on any atom is 0.387 e. The van der Waals surface area contributed by atoms with Gasteiger partial charge in [-0.3, -0.25) is 10.1 Å². The van der Waals surface area contributed by atoms with E-state index in [-0.39, 0.29) is 11.3 Å². The maximum atomic E-state index is 12.3. The van der Waals surface area contributed by atoms with Gasteiger partial charge in [-0.05, 0) is 26.0 Å². The summed E-state index contributed by atoms with van der Waals surface area (Å²) < 4.78 is 33.6. The molecule has 9 heteroatoms. The minimum atomic E-state index is -3.11. The van der Waals surface area contributed by atoms with Gasteiger partial charge in [-0.2, -0.15) is 8.78 Å². The molecule has 0 radical (unpaired) electrons. The predicted molar refractivity (Wildman–Crippen MR) is 75.2 cm³/mol. The van der Waals surface area contributed by atoms with Gasteiger partial charge in [0.2, 0.25) is 0 Å². The van der Waals surface area contributed by atoms with Gasteiger partial charge in [0.05, 0.1) is 0 Å². The van der Waals surface area contributed by atoms with Crippen LogP contribution >= 0.6 is 0 Å². The number of amides is 3. The van der Waals surface area contributed by atoms with Crippen molar-refractivity contribution in [3.05, 3.63) is 29.8 Å². The molecule has 126 valence electrons. The van der Waals surface area contributed by atoms with Gasteiger partial charge in [0, 0.05) is 6.54 Å². The summed E-state index contributed by atoms with van der Waals surface area (Å²) in [5.41, 5.74) is -0.259. The summed E-state index contributed by atoms with van der Waals surface area (Å²) in [7, 11) is 0. The standard InChI is InChI=1S/C14H16F2N2O5/c1-3-17-14(21)18-11(19)8(2)22-12(20)9-6-4-5-7-10(9)23-13(15)16/h4-8,13H,3H2,1-2H3,(H2,17,18,19,21)/t8-/m1/s1. The number of esters is 1. The SMILES string of the molecule is CCNC(=O)NC(=O)[C@@H](C)OC(=O)c1ccccc1OC(F)F. The van der Waals surface area contributed by atoms with Crippen molar-refractivity contribution in [3.63, 3.8) is 0 Å². The summed E-state index contributed by atoms with van der Waals surface area (Å²) in [6.07, 6.45) is -1.30. The van der Waals surface area contributed by atoms with E-state index >= 15 is 0 Å². The minimum absolute atomic E-state index is 0.259. The number of hydrogen-bond acceptors (Lipinski definition) is 5. The molecule has 0 bridgehead atoms. The number of halogens is 2. The zero-order chi connectivity index (χ0) is 17.4. The van der Waals surface area contributed by atoms with Gasteiger partial charge >= 0.3 is 18.6 Å². The smallest absolute Gasteiger partial charge is 0.387 e. The highest BCUT2D eigenvalue weighted by molar-refractivity contribution is 5.99. The molecule has 0 saturated carbocycles. The molecule has 1 rings (SSSR count). The second-order valence-electron chi connectivity index (χ2n) is 4.27. The zero-order valence-corrected chi connectivity index (χ0v) is 12.5. The minimum Gasteiger partial charge on any atom is -0.449 e. The molecule has 1 atom stereocenters. The molecule has 2 N–H and O–H groups in total. The molecular weight excluding hydrogens is 314 g/mol. The first kappa shape index (κ1) is 18.3. The van der Waals surface area contributed by atoms with E-state index in [4.69, 9.17) is 4.74 Å². The topological polar surface area (TPSA) is 93.7 Å². The second kappa shape index (κ2) is 8.66. The van der Waals surface area contributed by atoms with Crippen LogP contribution in [0.2, 0.25) is 0 Å². The molecule has 0 aliphatic heterocycles. The monoisotopic (exact) mass is 330 g/mol. The maximum absolute atomic E-state index is 12.3. The van der Waals surface area contributed by atoms with Crippen molar-refractivity contribution in [3.8, 4) is 5.75 Å². The Morgan fingerprint density at radius 3 is 2.48 bits per heavy atom. The number of urea groups is 1. The van der Waals surface area contributed by atoms with E-state index in [9.17, 15) is 23.2 Å². The summed E-state index contributed by atoms with van der Waals surface area (Å²) in [5.74, 6) is -2.25. The van der Waals surface area contributed by atoms with Crippen molar-refractivity contribution in [2.45, 2.75) is 26.6 Å². The van der Waals surface area contributed by atoms with Gasteiger partial charge in [0.15, 0.2) is 6.10 Å². The molecule has 23 heavy (non-hydrogen) atoms. The van der Waals surface area contributed by atoms with E-state index in [0.717, 1.165) is 0 Å².